The second kappa shape index (κ2) is 27.8. The lowest BCUT2D eigenvalue weighted by Crippen LogP contribution is -2.59. The summed E-state index contributed by atoms with van der Waals surface area (Å²) in [6.07, 6.45) is 20.2. The van der Waals surface area contributed by atoms with Crippen molar-refractivity contribution in [1.29, 1.82) is 0 Å². The Labute approximate surface area is 469 Å². The summed E-state index contributed by atoms with van der Waals surface area (Å²) in [5.74, 6) is -0.256. The molecule has 8 bridgehead atoms. The maximum absolute atomic E-state index is 12.4. The number of hydrogen-bond donors (Lipinski definition) is 0. The lowest BCUT2D eigenvalue weighted by molar-refractivity contribution is -0.214. The van der Waals surface area contributed by atoms with Gasteiger partial charge in [-0.3, -0.25) is 14.4 Å². The van der Waals surface area contributed by atoms with Crippen molar-refractivity contribution in [1.82, 2.24) is 0 Å². The molecule has 9 fully saturated rings. The first-order chi connectivity index (χ1) is 37.1. The fourth-order valence-corrected chi connectivity index (χ4v) is 13.5. The van der Waals surface area contributed by atoms with Crippen molar-refractivity contribution in [2.45, 2.75) is 228 Å². The number of hydrogen-bond acceptors (Lipinski definition) is 18. The quantitative estimate of drug-likeness (QED) is 0.0683. The molecule has 0 saturated heterocycles. The van der Waals surface area contributed by atoms with Gasteiger partial charge in [0.05, 0.1) is 16.2 Å². The molecule has 0 spiro atoms. The van der Waals surface area contributed by atoms with Crippen LogP contribution in [0.2, 0.25) is 0 Å². The fourth-order valence-electron chi connectivity index (χ4n) is 13.5. The summed E-state index contributed by atoms with van der Waals surface area (Å²) in [5, 5.41) is 0. The van der Waals surface area contributed by atoms with Crippen LogP contribution in [0.3, 0.4) is 0 Å². The van der Waals surface area contributed by atoms with Gasteiger partial charge in [0.2, 0.25) is 0 Å². The molecule has 18 heteroatoms. The Kier molecular flexibility index (Phi) is 22.9. The van der Waals surface area contributed by atoms with Crippen LogP contribution in [0.1, 0.15) is 212 Å². The van der Waals surface area contributed by atoms with Gasteiger partial charge in [0, 0.05) is 0 Å². The molecule has 0 heterocycles. The Hall–Kier alpha value is -4.77. The molecule has 448 valence electrons. The van der Waals surface area contributed by atoms with E-state index in [1.165, 1.54) is 12.8 Å². The molecular weight excluding hydrogens is 1020 g/mol. The zero-order chi connectivity index (χ0) is 58.6. The van der Waals surface area contributed by atoms with Crippen molar-refractivity contribution < 1.29 is 85.8 Å². The molecule has 18 nitrogen and oxygen atoms in total. The van der Waals surface area contributed by atoms with E-state index in [2.05, 4.69) is 13.8 Å². The summed E-state index contributed by atoms with van der Waals surface area (Å²) in [5.41, 5.74) is -3.18. The molecule has 0 aromatic carbocycles. The van der Waals surface area contributed by atoms with Gasteiger partial charge in [-0.2, -0.15) is 0 Å². The van der Waals surface area contributed by atoms with Crippen LogP contribution in [-0.4, -0.2) is 110 Å². The molecule has 9 rings (SSSR count). The minimum absolute atomic E-state index is 0.394. The third-order valence-corrected chi connectivity index (χ3v) is 19.5. The first-order valence-electron chi connectivity index (χ1n) is 29.7. The Bertz CT molecular complexity index is 2090. The molecule has 0 aromatic rings. The highest BCUT2D eigenvalue weighted by molar-refractivity contribution is 5.83. The van der Waals surface area contributed by atoms with Gasteiger partial charge in [-0.15, -0.1) is 0 Å². The zero-order valence-corrected chi connectivity index (χ0v) is 49.9. The van der Waals surface area contributed by atoms with Crippen molar-refractivity contribution >= 4 is 53.7 Å². The van der Waals surface area contributed by atoms with E-state index in [4.69, 9.17) is 42.6 Å². The van der Waals surface area contributed by atoms with Crippen LogP contribution in [0.25, 0.3) is 0 Å². The predicted octanol–water partition coefficient (Wildman–Crippen LogP) is 10.1. The van der Waals surface area contributed by atoms with Crippen molar-refractivity contribution in [2.75, 3.05) is 39.6 Å². The van der Waals surface area contributed by atoms with Gasteiger partial charge in [-0.25, -0.2) is 28.8 Å². The van der Waals surface area contributed by atoms with Crippen molar-refractivity contribution in [3.8, 4) is 0 Å². The van der Waals surface area contributed by atoms with Gasteiger partial charge >= 0.3 is 53.7 Å². The van der Waals surface area contributed by atoms with E-state index < -0.39 is 126 Å². The van der Waals surface area contributed by atoms with E-state index in [-0.39, 0.29) is 0 Å². The topological polar surface area (TPSA) is 237 Å². The Morgan fingerprint density at radius 3 is 0.987 bits per heavy atom. The Morgan fingerprint density at radius 1 is 0.367 bits per heavy atom. The summed E-state index contributed by atoms with van der Waals surface area (Å²) in [6.45, 7) is 19.5. The number of carbonyl (C=O) groups is 9. The highest BCUT2D eigenvalue weighted by atomic mass is 16.6. The molecule has 9 saturated carbocycles. The molecule has 0 amide bonds. The minimum atomic E-state index is -0.749. The van der Waals surface area contributed by atoms with Crippen LogP contribution in [0.4, 0.5) is 0 Å². The molecule has 9 aliphatic rings. The summed E-state index contributed by atoms with van der Waals surface area (Å²) >= 11 is 0. The van der Waals surface area contributed by atoms with E-state index in [1.54, 1.807) is 41.5 Å². The zero-order valence-electron chi connectivity index (χ0n) is 49.9. The fraction of sp³-hybridized carbons (Fsp3) is 0.852. The summed E-state index contributed by atoms with van der Waals surface area (Å²) < 4.78 is 47.0. The molecular formula is C61H96O18. The van der Waals surface area contributed by atoms with Crippen LogP contribution >= 0.6 is 0 Å². The molecule has 0 N–H and O–H groups in total. The van der Waals surface area contributed by atoms with Crippen molar-refractivity contribution in [3.05, 3.63) is 0 Å². The van der Waals surface area contributed by atoms with Gasteiger partial charge in [0.1, 0.15) is 16.8 Å². The SMILES string of the molecule is CCC(C)(C)C(=O)OCC(=O)OCC(=O)OC1(C)C2CC3CC(C2)CC1C3.CCC(C)(C)C(=O)OCC(=O)OCC(=O)OC1(CC)C2CC3CC(C2)CC1C3.CCC1(OC(=O)COC(=O)COC(=O)C(C)(C)CC)CCCCC1. The highest BCUT2D eigenvalue weighted by Crippen LogP contribution is 2.61. The summed E-state index contributed by atoms with van der Waals surface area (Å²) in [4.78, 5) is 107. The minimum Gasteiger partial charge on any atom is -0.457 e. The molecule has 0 atom stereocenters. The molecule has 79 heavy (non-hydrogen) atoms. The van der Waals surface area contributed by atoms with Gasteiger partial charge < -0.3 is 42.6 Å². The van der Waals surface area contributed by atoms with Gasteiger partial charge in [-0.05, 0) is 218 Å². The third-order valence-electron chi connectivity index (χ3n) is 19.5. The monoisotopic (exact) mass is 1120 g/mol. The van der Waals surface area contributed by atoms with Crippen molar-refractivity contribution in [3.63, 3.8) is 0 Å². The Balaban J connectivity index is 0.000000219. The van der Waals surface area contributed by atoms with E-state index in [1.807, 2.05) is 27.7 Å². The number of esters is 9. The largest absolute Gasteiger partial charge is 0.457 e. The number of rotatable bonds is 23. The first-order valence-corrected chi connectivity index (χ1v) is 29.7. The average Bonchev–Trinajstić information content (AvgIpc) is 3.49. The van der Waals surface area contributed by atoms with Crippen LogP contribution in [0.15, 0.2) is 0 Å². The second-order valence-corrected chi connectivity index (χ2v) is 26.0. The van der Waals surface area contributed by atoms with E-state index in [9.17, 15) is 43.2 Å². The van der Waals surface area contributed by atoms with Gasteiger partial charge in [0.15, 0.2) is 39.6 Å². The third kappa shape index (κ3) is 17.1. The summed E-state index contributed by atoms with van der Waals surface area (Å²) in [7, 11) is 0. The van der Waals surface area contributed by atoms with Crippen LogP contribution in [-0.2, 0) is 85.8 Å². The first kappa shape index (κ1) is 65.0. The van der Waals surface area contributed by atoms with Crippen LogP contribution < -0.4 is 0 Å². The molecule has 0 radical (unpaired) electrons. The molecule has 0 aliphatic heterocycles. The van der Waals surface area contributed by atoms with Gasteiger partial charge in [-0.1, -0.05) is 41.0 Å². The molecule has 0 unspecified atom stereocenters. The Morgan fingerprint density at radius 2 is 0.671 bits per heavy atom. The lowest BCUT2D eigenvalue weighted by atomic mass is 9.49. The van der Waals surface area contributed by atoms with Crippen LogP contribution in [0.5, 0.6) is 0 Å². The normalized spacial score (nSPS) is 28.7. The number of carbonyl (C=O) groups excluding carboxylic acids is 9. The smallest absolute Gasteiger partial charge is 0.344 e. The standard InChI is InChI=1S/C22H34O6.C21H32O6.C18H30O6/c1-5-21(3,4)20(25)27-12-18(23)26-13-19(24)28-22(6-2)16-8-14-7-15(10-16)11-17(22)9-14;1-5-20(2,3)19(24)26-11-17(22)25-12-18(23)27-21(4)15-7-13-6-14(9-15)10-16(21)8-13;1-5-17(3,4)16(21)23-12-14(19)22-13-15(20)24-18(6-2)10-8-7-9-11-18/h14-17H,5-13H2,1-4H3;13-16H,5-12H2,1-4H3;5-13H2,1-4H3. The maximum atomic E-state index is 12.4. The van der Waals surface area contributed by atoms with E-state index >= 15 is 0 Å². The second-order valence-electron chi connectivity index (χ2n) is 26.0. The van der Waals surface area contributed by atoms with Crippen molar-refractivity contribution in [2.24, 2.45) is 63.6 Å². The average molecular weight is 1120 g/mol. The van der Waals surface area contributed by atoms with E-state index in [0.717, 1.165) is 120 Å². The lowest BCUT2D eigenvalue weighted by Gasteiger charge is -2.60. The maximum Gasteiger partial charge on any atom is 0.344 e. The molecule has 9 aliphatic carbocycles. The molecule has 0 aromatic heterocycles. The number of ether oxygens (including phenoxy) is 9. The predicted molar refractivity (Wildman–Crippen MR) is 288 cm³/mol. The van der Waals surface area contributed by atoms with Gasteiger partial charge in [0.25, 0.3) is 0 Å². The van der Waals surface area contributed by atoms with E-state index in [0.29, 0.717) is 42.9 Å². The van der Waals surface area contributed by atoms with Crippen LogP contribution in [0, 0.1) is 63.6 Å². The summed E-state index contributed by atoms with van der Waals surface area (Å²) in [6, 6.07) is 0. The highest BCUT2D eigenvalue weighted by Gasteiger charge is 2.59.